The van der Waals surface area contributed by atoms with E-state index in [9.17, 15) is 14.7 Å². The van der Waals surface area contributed by atoms with Crippen molar-refractivity contribution in [2.45, 2.75) is 24.0 Å². The fourth-order valence-corrected chi connectivity index (χ4v) is 5.22. The lowest BCUT2D eigenvalue weighted by atomic mass is 9.87. The van der Waals surface area contributed by atoms with E-state index in [1.165, 1.54) is 0 Å². The summed E-state index contributed by atoms with van der Waals surface area (Å²) in [6.45, 7) is 1.37. The molecule has 3 atom stereocenters. The zero-order chi connectivity index (χ0) is 18.8. The van der Waals surface area contributed by atoms with Crippen LogP contribution in [-0.2, 0) is 15.1 Å². The highest BCUT2D eigenvalue weighted by atomic mass is 32.1. The molecule has 1 aromatic carbocycles. The summed E-state index contributed by atoms with van der Waals surface area (Å²) in [5, 5.41) is 14.1. The van der Waals surface area contributed by atoms with Gasteiger partial charge in [-0.25, -0.2) is 10.2 Å². The number of likely N-dealkylation sites (N-methyl/N-ethyl adjacent to an activating group) is 1. The molecule has 7 nitrogen and oxygen atoms in total. The second kappa shape index (κ2) is 5.79. The van der Waals surface area contributed by atoms with Crippen LogP contribution in [0.25, 0.3) is 11.1 Å². The number of carboxylic acid groups (broad SMARTS) is 1. The predicted molar refractivity (Wildman–Crippen MR) is 102 cm³/mol. The molecule has 1 amide bonds. The van der Waals surface area contributed by atoms with Gasteiger partial charge in [0.2, 0.25) is 5.54 Å². The lowest BCUT2D eigenvalue weighted by Gasteiger charge is -2.36. The molecule has 27 heavy (non-hydrogen) atoms. The summed E-state index contributed by atoms with van der Waals surface area (Å²) in [5.74, 6) is -1.57. The van der Waals surface area contributed by atoms with Crippen molar-refractivity contribution in [1.29, 1.82) is 0 Å². The number of thiophene rings is 1. The van der Waals surface area contributed by atoms with Gasteiger partial charge in [-0.3, -0.25) is 9.69 Å². The summed E-state index contributed by atoms with van der Waals surface area (Å²) < 4.78 is 0. The van der Waals surface area contributed by atoms with Crippen LogP contribution in [-0.4, -0.2) is 59.0 Å². The normalized spacial score (nSPS) is 29.0. The largest absolute Gasteiger partial charge is 0.479 e. The summed E-state index contributed by atoms with van der Waals surface area (Å²) in [6, 6.07) is 7.96. The number of nitrogens with one attached hydrogen (secondary N) is 2. The SMILES string of the molecule is CN1C[C@@H]2C[C@H]1CN2C(=O)C1(C(=O)O)NNc2ccc(-c3ccsc3)cc21. The van der Waals surface area contributed by atoms with E-state index in [1.807, 2.05) is 35.0 Å². The van der Waals surface area contributed by atoms with E-state index in [0.29, 0.717) is 23.8 Å². The summed E-state index contributed by atoms with van der Waals surface area (Å²) in [5.41, 5.74) is 6.94. The number of benzene rings is 1. The van der Waals surface area contributed by atoms with Crippen LogP contribution in [0.1, 0.15) is 12.0 Å². The van der Waals surface area contributed by atoms with Crippen LogP contribution >= 0.6 is 11.3 Å². The molecule has 2 fully saturated rings. The van der Waals surface area contributed by atoms with Crippen molar-refractivity contribution in [1.82, 2.24) is 15.2 Å². The number of hydrogen-bond donors (Lipinski definition) is 3. The number of piperazine rings is 1. The molecule has 0 spiro atoms. The molecular formula is C19H20N4O3S. The summed E-state index contributed by atoms with van der Waals surface area (Å²) >= 11 is 1.58. The third kappa shape index (κ3) is 2.27. The Morgan fingerprint density at radius 2 is 2.07 bits per heavy atom. The first kappa shape index (κ1) is 16.7. The van der Waals surface area contributed by atoms with Gasteiger partial charge in [0.1, 0.15) is 0 Å². The quantitative estimate of drug-likeness (QED) is 0.696. The summed E-state index contributed by atoms with van der Waals surface area (Å²) in [4.78, 5) is 29.9. The molecule has 2 bridgehead atoms. The number of carboxylic acids is 1. The van der Waals surface area contributed by atoms with Gasteiger partial charge in [0, 0.05) is 30.7 Å². The Balaban J connectivity index is 1.57. The first-order valence-corrected chi connectivity index (χ1v) is 9.90. The second-order valence-corrected chi connectivity index (χ2v) is 8.30. The van der Waals surface area contributed by atoms with Crippen LogP contribution in [0.5, 0.6) is 0 Å². The van der Waals surface area contributed by atoms with E-state index < -0.39 is 11.5 Å². The van der Waals surface area contributed by atoms with E-state index in [0.717, 1.165) is 24.1 Å². The van der Waals surface area contributed by atoms with Crippen molar-refractivity contribution in [3.05, 3.63) is 40.6 Å². The number of hydrogen-bond acceptors (Lipinski definition) is 6. The monoisotopic (exact) mass is 384 g/mol. The third-order valence-electron chi connectivity index (χ3n) is 6.08. The zero-order valence-electron chi connectivity index (χ0n) is 14.8. The van der Waals surface area contributed by atoms with E-state index in [4.69, 9.17) is 0 Å². The van der Waals surface area contributed by atoms with Gasteiger partial charge < -0.3 is 15.4 Å². The molecule has 140 valence electrons. The smallest absolute Gasteiger partial charge is 0.340 e. The van der Waals surface area contributed by atoms with Crippen molar-refractivity contribution < 1.29 is 14.7 Å². The molecule has 1 aromatic heterocycles. The van der Waals surface area contributed by atoms with Gasteiger partial charge in [-0.15, -0.1) is 0 Å². The van der Waals surface area contributed by atoms with E-state index in [2.05, 4.69) is 22.8 Å². The number of fused-ring (bicyclic) bond motifs is 3. The Labute approximate surface area is 160 Å². The molecule has 2 saturated heterocycles. The first-order valence-electron chi connectivity index (χ1n) is 8.95. The molecule has 3 N–H and O–H groups in total. The average molecular weight is 384 g/mol. The van der Waals surface area contributed by atoms with E-state index >= 15 is 0 Å². The highest BCUT2D eigenvalue weighted by Crippen LogP contribution is 2.41. The van der Waals surface area contributed by atoms with Crippen LogP contribution in [0.3, 0.4) is 0 Å². The van der Waals surface area contributed by atoms with Gasteiger partial charge in [-0.05, 0) is 53.6 Å². The number of aliphatic carboxylic acids is 1. The minimum absolute atomic E-state index is 0.0784. The molecule has 5 rings (SSSR count). The van der Waals surface area contributed by atoms with Gasteiger partial charge in [-0.1, -0.05) is 6.07 Å². The molecule has 0 radical (unpaired) electrons. The third-order valence-corrected chi connectivity index (χ3v) is 6.76. The second-order valence-electron chi connectivity index (χ2n) is 7.52. The molecule has 3 aliphatic rings. The van der Waals surface area contributed by atoms with Crippen LogP contribution < -0.4 is 10.9 Å². The highest BCUT2D eigenvalue weighted by molar-refractivity contribution is 7.08. The van der Waals surface area contributed by atoms with Crippen molar-refractivity contribution in [2.75, 3.05) is 25.6 Å². The summed E-state index contributed by atoms with van der Waals surface area (Å²) in [7, 11) is 2.05. The van der Waals surface area contributed by atoms with Crippen LogP contribution in [0.15, 0.2) is 35.0 Å². The van der Waals surface area contributed by atoms with Gasteiger partial charge in [0.15, 0.2) is 0 Å². The van der Waals surface area contributed by atoms with Gasteiger partial charge in [0.05, 0.1) is 5.69 Å². The minimum Gasteiger partial charge on any atom is -0.479 e. The fraction of sp³-hybridized carbons (Fsp3) is 0.368. The van der Waals surface area contributed by atoms with Crippen molar-refractivity contribution in [3.63, 3.8) is 0 Å². The standard InChI is InChI=1S/C19H20N4O3S/c1-22-8-14-7-13(22)9-23(14)17(24)19(18(25)26)15-6-11(12-4-5-27-10-12)2-3-16(15)20-21-19/h2-6,10,13-14,20-21H,7-9H2,1H3,(H,25,26)/t13-,14-,19?/m0/s1. The van der Waals surface area contributed by atoms with Crippen molar-refractivity contribution >= 4 is 28.9 Å². The Morgan fingerprint density at radius 3 is 2.70 bits per heavy atom. The number of hydrazine groups is 1. The molecule has 2 aromatic rings. The Hall–Kier alpha value is -2.42. The van der Waals surface area contributed by atoms with Crippen molar-refractivity contribution in [3.8, 4) is 11.1 Å². The Kier molecular flexibility index (Phi) is 3.59. The molecule has 0 saturated carbocycles. The number of anilines is 1. The first-order chi connectivity index (χ1) is 13.0. The highest BCUT2D eigenvalue weighted by Gasteiger charge is 2.58. The lowest BCUT2D eigenvalue weighted by molar-refractivity contribution is -0.156. The molecule has 3 aliphatic heterocycles. The topological polar surface area (TPSA) is 84.9 Å². The Bertz CT molecular complexity index is 929. The average Bonchev–Trinajstić information content (AvgIpc) is 3.42. The predicted octanol–water partition coefficient (Wildman–Crippen LogP) is 1.54. The maximum atomic E-state index is 13.5. The number of likely N-dealkylation sites (tertiary alicyclic amines) is 2. The molecule has 4 heterocycles. The maximum absolute atomic E-state index is 13.5. The fourth-order valence-electron chi connectivity index (χ4n) is 4.56. The number of carbonyl (C=O) groups excluding carboxylic acids is 1. The van der Waals surface area contributed by atoms with Crippen LogP contribution in [0.2, 0.25) is 0 Å². The number of amides is 1. The molecule has 8 heteroatoms. The van der Waals surface area contributed by atoms with Gasteiger partial charge in [-0.2, -0.15) is 11.3 Å². The van der Waals surface area contributed by atoms with E-state index in [1.54, 1.807) is 16.2 Å². The van der Waals surface area contributed by atoms with Crippen LogP contribution in [0, 0.1) is 0 Å². The van der Waals surface area contributed by atoms with Crippen LogP contribution in [0.4, 0.5) is 5.69 Å². The Morgan fingerprint density at radius 1 is 1.22 bits per heavy atom. The van der Waals surface area contributed by atoms with Gasteiger partial charge in [0.25, 0.3) is 5.91 Å². The van der Waals surface area contributed by atoms with Gasteiger partial charge >= 0.3 is 5.97 Å². The minimum atomic E-state index is -1.80. The van der Waals surface area contributed by atoms with E-state index in [-0.39, 0.29) is 11.9 Å². The van der Waals surface area contributed by atoms with Crippen molar-refractivity contribution in [2.24, 2.45) is 0 Å². The maximum Gasteiger partial charge on any atom is 0.340 e. The number of rotatable bonds is 3. The molecular weight excluding hydrogens is 364 g/mol. The molecule has 1 unspecified atom stereocenters. The number of carbonyl (C=O) groups is 2. The summed E-state index contributed by atoms with van der Waals surface area (Å²) in [6.07, 6.45) is 0.910. The lowest BCUT2D eigenvalue weighted by Crippen LogP contribution is -2.61. The zero-order valence-corrected chi connectivity index (χ0v) is 15.6. The molecule has 0 aliphatic carbocycles. The number of nitrogens with zero attached hydrogens (tertiary/aromatic N) is 2.